The van der Waals surface area contributed by atoms with E-state index < -0.39 is 0 Å². The van der Waals surface area contributed by atoms with Crippen LogP contribution in [-0.4, -0.2) is 14.4 Å². The second-order valence-corrected chi connectivity index (χ2v) is 8.69. The molecule has 5 rings (SSSR count). The minimum atomic E-state index is -0.107. The molecule has 4 nitrogen and oxygen atoms in total. The Hall–Kier alpha value is -3.66. The summed E-state index contributed by atoms with van der Waals surface area (Å²) in [6.07, 6.45) is 2.04. The highest BCUT2D eigenvalue weighted by Crippen LogP contribution is 2.34. The predicted octanol–water partition coefficient (Wildman–Crippen LogP) is 6.10. The lowest BCUT2D eigenvalue weighted by Gasteiger charge is -2.16. The Balaban J connectivity index is 1.73. The molecule has 0 amide bonds. The van der Waals surface area contributed by atoms with Gasteiger partial charge in [-0.2, -0.15) is 0 Å². The Bertz CT molecular complexity index is 1380. The molecule has 0 unspecified atom stereocenters. The number of imidazole rings is 1. The zero-order valence-corrected chi connectivity index (χ0v) is 17.4. The number of benzene rings is 2. The van der Waals surface area contributed by atoms with E-state index in [1.807, 2.05) is 36.5 Å². The molecule has 0 aliphatic rings. The molecule has 2 aromatic carbocycles. The van der Waals surface area contributed by atoms with Crippen molar-refractivity contribution < 1.29 is 0 Å². The summed E-state index contributed by atoms with van der Waals surface area (Å²) in [4.78, 5) is 9.96. The first kappa shape index (κ1) is 18.4. The number of rotatable bonds is 2. The standard InChI is InChI=1S/C26H24N4/c1-26(2,3)25-29-23(24-20(27)10-7-15-30(24)25)19-12-11-18-13-14-21(28-22(18)16-19)17-8-5-4-6-9-17/h4-16H,27H2,1-3H3. The molecular formula is C26H24N4. The summed E-state index contributed by atoms with van der Waals surface area (Å²) in [6.45, 7) is 6.51. The molecule has 0 radical (unpaired) electrons. The van der Waals surface area contributed by atoms with Gasteiger partial charge in [-0.3, -0.25) is 0 Å². The number of hydrogen-bond donors (Lipinski definition) is 1. The molecular weight excluding hydrogens is 368 g/mol. The van der Waals surface area contributed by atoms with E-state index in [-0.39, 0.29) is 5.41 Å². The van der Waals surface area contributed by atoms with Gasteiger partial charge in [0.05, 0.1) is 28.1 Å². The average Bonchev–Trinajstić information content (AvgIpc) is 3.15. The summed E-state index contributed by atoms with van der Waals surface area (Å²) >= 11 is 0. The van der Waals surface area contributed by atoms with Gasteiger partial charge in [0, 0.05) is 28.1 Å². The monoisotopic (exact) mass is 392 g/mol. The van der Waals surface area contributed by atoms with Crippen molar-refractivity contribution >= 4 is 22.1 Å². The molecule has 0 bridgehead atoms. The topological polar surface area (TPSA) is 56.2 Å². The van der Waals surface area contributed by atoms with Gasteiger partial charge in [-0.15, -0.1) is 0 Å². The molecule has 2 N–H and O–H groups in total. The smallest absolute Gasteiger partial charge is 0.119 e. The van der Waals surface area contributed by atoms with Crippen molar-refractivity contribution in [3.63, 3.8) is 0 Å². The Kier molecular flexibility index (Phi) is 4.10. The lowest BCUT2D eigenvalue weighted by molar-refractivity contribution is 0.543. The number of aromatic nitrogens is 3. The summed E-state index contributed by atoms with van der Waals surface area (Å²) in [5.41, 5.74) is 12.9. The molecule has 148 valence electrons. The van der Waals surface area contributed by atoms with Gasteiger partial charge in [0.2, 0.25) is 0 Å². The van der Waals surface area contributed by atoms with E-state index in [4.69, 9.17) is 15.7 Å². The maximum atomic E-state index is 6.39. The molecule has 0 atom stereocenters. The van der Waals surface area contributed by atoms with Crippen LogP contribution in [0.4, 0.5) is 5.69 Å². The van der Waals surface area contributed by atoms with Crippen LogP contribution in [0.25, 0.3) is 38.9 Å². The lowest BCUT2D eigenvalue weighted by atomic mass is 9.96. The van der Waals surface area contributed by atoms with Gasteiger partial charge < -0.3 is 10.1 Å². The normalized spacial score (nSPS) is 12.0. The molecule has 5 aromatic rings. The fourth-order valence-electron chi connectivity index (χ4n) is 3.93. The van der Waals surface area contributed by atoms with Crippen LogP contribution in [0.1, 0.15) is 26.6 Å². The van der Waals surface area contributed by atoms with E-state index in [0.29, 0.717) is 0 Å². The number of hydrogen-bond acceptors (Lipinski definition) is 3. The Labute approximate surface area is 176 Å². The molecule has 0 fully saturated rings. The zero-order valence-electron chi connectivity index (χ0n) is 17.4. The highest BCUT2D eigenvalue weighted by molar-refractivity contribution is 5.92. The molecule has 3 heterocycles. The molecule has 0 aliphatic carbocycles. The highest BCUT2D eigenvalue weighted by Gasteiger charge is 2.24. The van der Waals surface area contributed by atoms with Crippen LogP contribution >= 0.6 is 0 Å². The van der Waals surface area contributed by atoms with Crippen molar-refractivity contribution in [1.29, 1.82) is 0 Å². The van der Waals surface area contributed by atoms with E-state index in [1.54, 1.807) is 0 Å². The van der Waals surface area contributed by atoms with Gasteiger partial charge >= 0.3 is 0 Å². The van der Waals surface area contributed by atoms with E-state index >= 15 is 0 Å². The molecule has 30 heavy (non-hydrogen) atoms. The first-order valence-electron chi connectivity index (χ1n) is 10.2. The fourth-order valence-corrected chi connectivity index (χ4v) is 3.93. The third-order valence-corrected chi connectivity index (χ3v) is 5.40. The number of fused-ring (bicyclic) bond motifs is 2. The zero-order chi connectivity index (χ0) is 20.9. The minimum absolute atomic E-state index is 0.107. The van der Waals surface area contributed by atoms with E-state index in [0.717, 1.165) is 50.4 Å². The van der Waals surface area contributed by atoms with Crippen molar-refractivity contribution in [3.8, 4) is 22.5 Å². The number of nitrogens with two attached hydrogens (primary N) is 1. The van der Waals surface area contributed by atoms with E-state index in [9.17, 15) is 0 Å². The van der Waals surface area contributed by atoms with Gasteiger partial charge in [0.25, 0.3) is 0 Å². The van der Waals surface area contributed by atoms with Crippen LogP contribution in [0.3, 0.4) is 0 Å². The van der Waals surface area contributed by atoms with Crippen molar-refractivity contribution in [1.82, 2.24) is 14.4 Å². The number of nitrogen functional groups attached to an aromatic ring is 1. The molecule has 3 aromatic heterocycles. The first-order valence-corrected chi connectivity index (χ1v) is 10.2. The largest absolute Gasteiger partial charge is 0.397 e. The van der Waals surface area contributed by atoms with E-state index in [1.165, 1.54) is 0 Å². The maximum absolute atomic E-state index is 6.39. The summed E-state index contributed by atoms with van der Waals surface area (Å²) in [5.74, 6) is 0.992. The van der Waals surface area contributed by atoms with Gasteiger partial charge in [-0.1, -0.05) is 69.3 Å². The third-order valence-electron chi connectivity index (χ3n) is 5.40. The Morgan fingerprint density at radius 3 is 2.33 bits per heavy atom. The summed E-state index contributed by atoms with van der Waals surface area (Å²) < 4.78 is 2.11. The van der Waals surface area contributed by atoms with Crippen LogP contribution in [0, 0.1) is 0 Å². The summed E-state index contributed by atoms with van der Waals surface area (Å²) in [7, 11) is 0. The van der Waals surface area contributed by atoms with Gasteiger partial charge in [0.15, 0.2) is 0 Å². The van der Waals surface area contributed by atoms with Crippen LogP contribution < -0.4 is 5.73 Å². The third kappa shape index (κ3) is 3.01. The average molecular weight is 393 g/mol. The van der Waals surface area contributed by atoms with Gasteiger partial charge in [0.1, 0.15) is 5.82 Å². The van der Waals surface area contributed by atoms with Crippen molar-refractivity contribution in [3.05, 3.63) is 84.8 Å². The molecule has 0 aliphatic heterocycles. The maximum Gasteiger partial charge on any atom is 0.119 e. The van der Waals surface area contributed by atoms with Crippen LogP contribution in [0.15, 0.2) is 79.0 Å². The van der Waals surface area contributed by atoms with E-state index in [2.05, 4.69) is 67.6 Å². The molecule has 0 spiro atoms. The van der Waals surface area contributed by atoms with Gasteiger partial charge in [-0.25, -0.2) is 9.97 Å². The minimum Gasteiger partial charge on any atom is -0.397 e. The second-order valence-electron chi connectivity index (χ2n) is 8.69. The lowest BCUT2D eigenvalue weighted by Crippen LogP contribution is -2.15. The number of anilines is 1. The highest BCUT2D eigenvalue weighted by atomic mass is 15.0. The molecule has 0 saturated carbocycles. The Morgan fingerprint density at radius 1 is 0.800 bits per heavy atom. The Morgan fingerprint density at radius 2 is 1.57 bits per heavy atom. The van der Waals surface area contributed by atoms with Crippen LogP contribution in [0.5, 0.6) is 0 Å². The van der Waals surface area contributed by atoms with Gasteiger partial charge in [-0.05, 0) is 24.3 Å². The fraction of sp³-hybridized carbons (Fsp3) is 0.154. The van der Waals surface area contributed by atoms with Crippen molar-refractivity contribution in [2.75, 3.05) is 5.73 Å². The van der Waals surface area contributed by atoms with Crippen molar-refractivity contribution in [2.45, 2.75) is 26.2 Å². The molecule has 4 heteroatoms. The first-order chi connectivity index (χ1) is 14.4. The summed E-state index contributed by atoms with van der Waals surface area (Å²) in [6, 6.07) is 24.7. The second kappa shape index (κ2) is 6.70. The SMILES string of the molecule is CC(C)(C)c1nc(-c2ccc3ccc(-c4ccccc4)nc3c2)c2c(N)cccn12. The predicted molar refractivity (Wildman–Crippen MR) is 124 cm³/mol. The summed E-state index contributed by atoms with van der Waals surface area (Å²) in [5, 5.41) is 1.10. The van der Waals surface area contributed by atoms with Crippen LogP contribution in [-0.2, 0) is 5.41 Å². The number of pyridine rings is 2. The van der Waals surface area contributed by atoms with Crippen LogP contribution in [0.2, 0.25) is 0 Å². The molecule has 0 saturated heterocycles. The number of nitrogens with zero attached hydrogens (tertiary/aromatic N) is 3. The quantitative estimate of drug-likeness (QED) is 0.395. The van der Waals surface area contributed by atoms with Crippen molar-refractivity contribution in [2.24, 2.45) is 0 Å².